The third-order valence-electron chi connectivity index (χ3n) is 3.77. The maximum Gasteiger partial charge on any atom is 0.364 e. The molecule has 2 aliphatic rings. The van der Waals surface area contributed by atoms with E-state index in [9.17, 15) is 35.9 Å². The number of alkyl halides is 5. The van der Waals surface area contributed by atoms with Crippen molar-refractivity contribution >= 4 is 11.9 Å². The largest absolute Gasteiger partial charge is 0.390 e. The lowest BCUT2D eigenvalue weighted by atomic mass is 9.60. The molecule has 20 heavy (non-hydrogen) atoms. The van der Waals surface area contributed by atoms with Crippen molar-refractivity contribution in [3.05, 3.63) is 11.9 Å². The van der Waals surface area contributed by atoms with E-state index in [2.05, 4.69) is 4.74 Å². The lowest BCUT2D eigenvalue weighted by molar-refractivity contribution is -0.281. The highest BCUT2D eigenvalue weighted by Gasteiger charge is 2.89. The molecule has 9 heteroatoms. The van der Waals surface area contributed by atoms with Gasteiger partial charge in [-0.05, 0) is 12.0 Å². The van der Waals surface area contributed by atoms with Crippen molar-refractivity contribution in [1.82, 2.24) is 0 Å². The molecule has 0 bridgehead atoms. The van der Waals surface area contributed by atoms with Crippen molar-refractivity contribution in [1.29, 1.82) is 0 Å². The molecule has 1 fully saturated rings. The number of rotatable bonds is 1. The van der Waals surface area contributed by atoms with Crippen LogP contribution in [0.15, 0.2) is 11.9 Å². The molecule has 0 radical (unpaired) electrons. The molecule has 0 saturated carbocycles. The Labute approximate surface area is 108 Å². The quantitative estimate of drug-likeness (QED) is 0.425. The second-order valence-electron chi connectivity index (χ2n) is 5.00. The number of carbonyl (C=O) groups excluding carboxylic acids is 2. The van der Waals surface area contributed by atoms with Crippen LogP contribution in [0.4, 0.5) is 26.3 Å². The summed E-state index contributed by atoms with van der Waals surface area (Å²) in [6.45, 7) is 2.02. The number of ether oxygens (including phenoxy) is 1. The maximum absolute atomic E-state index is 14.6. The van der Waals surface area contributed by atoms with E-state index in [0.29, 0.717) is 0 Å². The highest BCUT2D eigenvalue weighted by molar-refractivity contribution is 6.06. The summed E-state index contributed by atoms with van der Waals surface area (Å²) in [7, 11) is 0. The third-order valence-corrected chi connectivity index (χ3v) is 3.77. The van der Waals surface area contributed by atoms with Gasteiger partial charge in [0.2, 0.25) is 0 Å². The van der Waals surface area contributed by atoms with E-state index < -0.39 is 46.6 Å². The lowest BCUT2D eigenvalue weighted by Gasteiger charge is -2.45. The van der Waals surface area contributed by atoms with Gasteiger partial charge in [0.05, 0.1) is 0 Å². The monoisotopic (exact) mass is 302 g/mol. The van der Waals surface area contributed by atoms with Gasteiger partial charge in [-0.3, -0.25) is 4.79 Å². The molecule has 3 nitrogen and oxygen atoms in total. The molecule has 0 N–H and O–H groups in total. The molecule has 0 aromatic rings. The maximum atomic E-state index is 14.6. The minimum absolute atomic E-state index is 0.262. The van der Waals surface area contributed by atoms with Crippen molar-refractivity contribution < 1.29 is 40.7 Å². The molecular formula is C11H8F6O3. The summed E-state index contributed by atoms with van der Waals surface area (Å²) in [5, 5.41) is 0. The first-order valence-electron chi connectivity index (χ1n) is 5.47. The van der Waals surface area contributed by atoms with Crippen LogP contribution in [0.25, 0.3) is 0 Å². The van der Waals surface area contributed by atoms with Gasteiger partial charge in [0.15, 0.2) is 5.83 Å². The molecule has 1 saturated heterocycles. The van der Waals surface area contributed by atoms with Gasteiger partial charge in [-0.2, -0.15) is 17.6 Å². The number of fused-ring (bicyclic) bond motifs is 1. The summed E-state index contributed by atoms with van der Waals surface area (Å²) >= 11 is 0. The van der Waals surface area contributed by atoms with E-state index in [1.807, 2.05) is 0 Å². The van der Waals surface area contributed by atoms with Crippen molar-refractivity contribution in [2.45, 2.75) is 31.4 Å². The molecule has 1 aliphatic heterocycles. The first-order chi connectivity index (χ1) is 8.87. The number of allylic oxidation sites excluding steroid dienone is 1. The van der Waals surface area contributed by atoms with Crippen molar-refractivity contribution in [2.75, 3.05) is 0 Å². The second-order valence-corrected chi connectivity index (χ2v) is 5.00. The Morgan fingerprint density at radius 1 is 1.05 bits per heavy atom. The van der Waals surface area contributed by atoms with Crippen LogP contribution in [0, 0.1) is 11.3 Å². The van der Waals surface area contributed by atoms with E-state index in [4.69, 9.17) is 0 Å². The summed E-state index contributed by atoms with van der Waals surface area (Å²) in [6, 6.07) is 0. The van der Waals surface area contributed by atoms with Crippen LogP contribution >= 0.6 is 0 Å². The fourth-order valence-electron chi connectivity index (χ4n) is 2.55. The van der Waals surface area contributed by atoms with Crippen LogP contribution in [0.1, 0.15) is 13.8 Å². The first-order valence-corrected chi connectivity index (χ1v) is 5.47. The Morgan fingerprint density at radius 3 is 2.00 bits per heavy atom. The zero-order chi connectivity index (χ0) is 15.7. The van der Waals surface area contributed by atoms with E-state index >= 15 is 0 Å². The Kier molecular flexibility index (Phi) is 2.64. The first kappa shape index (κ1) is 14.9. The van der Waals surface area contributed by atoms with Crippen molar-refractivity contribution in [2.24, 2.45) is 11.3 Å². The molecule has 0 spiro atoms. The van der Waals surface area contributed by atoms with Crippen LogP contribution < -0.4 is 0 Å². The minimum Gasteiger partial charge on any atom is -0.390 e. The average molecular weight is 302 g/mol. The van der Waals surface area contributed by atoms with Gasteiger partial charge in [-0.1, -0.05) is 13.8 Å². The van der Waals surface area contributed by atoms with Crippen LogP contribution in [0.5, 0.6) is 0 Å². The molecule has 0 aromatic carbocycles. The van der Waals surface area contributed by atoms with E-state index in [1.54, 1.807) is 0 Å². The van der Waals surface area contributed by atoms with E-state index in [1.165, 1.54) is 0 Å². The summed E-state index contributed by atoms with van der Waals surface area (Å²) in [5.74, 6) is -19.7. The zero-order valence-corrected chi connectivity index (χ0v) is 10.1. The summed E-state index contributed by atoms with van der Waals surface area (Å²) < 4.78 is 85.7. The topological polar surface area (TPSA) is 43.4 Å². The van der Waals surface area contributed by atoms with Crippen LogP contribution in [-0.4, -0.2) is 29.5 Å². The predicted octanol–water partition coefficient (Wildman–Crippen LogP) is 2.56. The molecule has 112 valence electrons. The molecule has 2 atom stereocenters. The zero-order valence-electron chi connectivity index (χ0n) is 10.1. The summed E-state index contributed by atoms with van der Waals surface area (Å²) in [6.07, 6.45) is -0.262. The van der Waals surface area contributed by atoms with Crippen molar-refractivity contribution in [3.8, 4) is 0 Å². The smallest absolute Gasteiger partial charge is 0.364 e. The second kappa shape index (κ2) is 3.56. The minimum atomic E-state index is -5.76. The van der Waals surface area contributed by atoms with Gasteiger partial charge in [0.25, 0.3) is 5.67 Å². The van der Waals surface area contributed by atoms with E-state index in [-0.39, 0.29) is 6.08 Å². The number of esters is 2. The van der Waals surface area contributed by atoms with Gasteiger partial charge < -0.3 is 4.74 Å². The highest BCUT2D eigenvalue weighted by Crippen LogP contribution is 2.65. The molecule has 1 aliphatic carbocycles. The van der Waals surface area contributed by atoms with Crippen LogP contribution in [-0.2, 0) is 14.3 Å². The van der Waals surface area contributed by atoms with Gasteiger partial charge in [-0.15, -0.1) is 0 Å². The molecular weight excluding hydrogens is 294 g/mol. The van der Waals surface area contributed by atoms with Crippen LogP contribution in [0.2, 0.25) is 0 Å². The SMILES string of the molecule is CC(C)C12C=C(F)C(F)(F)C(F)(F)C1(F)C(=O)OC2=O. The van der Waals surface area contributed by atoms with Crippen LogP contribution in [0.3, 0.4) is 0 Å². The Morgan fingerprint density at radius 2 is 1.55 bits per heavy atom. The predicted molar refractivity (Wildman–Crippen MR) is 51.3 cm³/mol. The Balaban J connectivity index is 2.92. The highest BCUT2D eigenvalue weighted by atomic mass is 19.3. The van der Waals surface area contributed by atoms with Gasteiger partial charge in [0, 0.05) is 0 Å². The summed E-state index contributed by atoms with van der Waals surface area (Å²) in [5.41, 5.74) is -7.79. The normalized spacial score (nSPS) is 38.5. The molecule has 2 rings (SSSR count). The number of hydrogen-bond donors (Lipinski definition) is 0. The summed E-state index contributed by atoms with van der Waals surface area (Å²) in [4.78, 5) is 22.8. The number of hydrogen-bond acceptors (Lipinski definition) is 3. The lowest BCUT2D eigenvalue weighted by Crippen LogP contribution is -2.69. The Bertz CT molecular complexity index is 540. The third kappa shape index (κ3) is 1.15. The van der Waals surface area contributed by atoms with Gasteiger partial charge >= 0.3 is 23.8 Å². The standard InChI is InChI=1S/C11H8F6O3/c1-4(2)8-3-5(12)10(14,15)11(16,17)9(8,13)7(19)20-6(8)18/h3-4H,1-2H3. The fourth-order valence-corrected chi connectivity index (χ4v) is 2.55. The number of cyclic esters (lactones) is 2. The van der Waals surface area contributed by atoms with E-state index in [0.717, 1.165) is 13.8 Å². The Hall–Kier alpha value is -1.54. The van der Waals surface area contributed by atoms with Crippen molar-refractivity contribution in [3.63, 3.8) is 0 Å². The fraction of sp³-hybridized carbons (Fsp3) is 0.636. The molecule has 0 amide bonds. The number of halogens is 6. The van der Waals surface area contributed by atoms with Gasteiger partial charge in [0.1, 0.15) is 5.41 Å². The molecule has 0 aromatic heterocycles. The molecule has 2 unspecified atom stereocenters. The molecule has 1 heterocycles. The number of carbonyl (C=O) groups is 2. The van der Waals surface area contributed by atoms with Gasteiger partial charge in [-0.25, -0.2) is 13.6 Å². The average Bonchev–Trinajstić information content (AvgIpc) is 2.50.